The van der Waals surface area contributed by atoms with Gasteiger partial charge >= 0.3 is 0 Å². The Labute approximate surface area is 322 Å². The van der Waals surface area contributed by atoms with Crippen LogP contribution in [0.5, 0.6) is 0 Å². The number of aromatic nitrogens is 1. The van der Waals surface area contributed by atoms with Crippen LogP contribution in [0.2, 0.25) is 0 Å². The molecule has 2 nitrogen and oxygen atoms in total. The molecule has 55 heavy (non-hydrogen) atoms. The lowest BCUT2D eigenvalue weighted by atomic mass is 9.94. The van der Waals surface area contributed by atoms with E-state index in [9.17, 15) is 0 Å². The Kier molecular flexibility index (Phi) is 6.52. The molecule has 1 unspecified atom stereocenters. The van der Waals surface area contributed by atoms with E-state index in [4.69, 9.17) is 0 Å². The Balaban J connectivity index is 1.02. The van der Waals surface area contributed by atoms with Crippen LogP contribution < -0.4 is 5.32 Å². The smallest absolute Gasteiger partial charge is 0.0547 e. The number of hydrogen-bond donors (Lipinski definition) is 1. The highest BCUT2D eigenvalue weighted by Crippen LogP contribution is 2.63. The van der Waals surface area contributed by atoms with Gasteiger partial charge in [0.15, 0.2) is 0 Å². The zero-order chi connectivity index (χ0) is 36.1. The number of benzene rings is 8. The predicted molar refractivity (Wildman–Crippen MR) is 235 cm³/mol. The van der Waals surface area contributed by atoms with Gasteiger partial charge in [-0.05, 0) is 82.1 Å². The first-order valence-corrected chi connectivity index (χ1v) is 19.9. The predicted octanol–water partition coefficient (Wildman–Crippen LogP) is 14.4. The van der Waals surface area contributed by atoms with E-state index in [1.54, 1.807) is 0 Å². The van der Waals surface area contributed by atoms with E-state index < -0.39 is 0 Å². The summed E-state index contributed by atoms with van der Waals surface area (Å²) in [5, 5.41) is 11.4. The van der Waals surface area contributed by atoms with E-state index in [1.165, 1.54) is 97.5 Å². The van der Waals surface area contributed by atoms with Crippen molar-refractivity contribution in [1.82, 2.24) is 4.57 Å². The zero-order valence-corrected chi connectivity index (χ0v) is 30.8. The number of rotatable bonds is 6. The van der Waals surface area contributed by atoms with Gasteiger partial charge in [-0.15, -0.1) is 11.3 Å². The van der Waals surface area contributed by atoms with Gasteiger partial charge < -0.3 is 9.88 Å². The lowest BCUT2D eigenvalue weighted by Crippen LogP contribution is -2.05. The molecule has 3 heteroatoms. The molecule has 2 aromatic heterocycles. The molecule has 1 saturated carbocycles. The van der Waals surface area contributed by atoms with Crippen LogP contribution in [0.4, 0.5) is 11.4 Å². The summed E-state index contributed by atoms with van der Waals surface area (Å²) in [5.41, 5.74) is 13.9. The van der Waals surface area contributed by atoms with Gasteiger partial charge in [-0.1, -0.05) is 146 Å². The molecule has 0 saturated heterocycles. The van der Waals surface area contributed by atoms with Gasteiger partial charge in [-0.25, -0.2) is 0 Å². The van der Waals surface area contributed by atoms with Crippen molar-refractivity contribution in [2.24, 2.45) is 0 Å². The molecule has 8 aromatic carbocycles. The molecule has 0 bridgehead atoms. The third-order valence-electron chi connectivity index (χ3n) is 12.0. The number of hydrogen-bond acceptors (Lipinski definition) is 2. The van der Waals surface area contributed by atoms with Crippen LogP contribution >= 0.6 is 11.3 Å². The van der Waals surface area contributed by atoms with E-state index in [1.807, 2.05) is 11.3 Å². The molecule has 0 amide bonds. The van der Waals surface area contributed by atoms with Crippen molar-refractivity contribution in [2.75, 3.05) is 5.32 Å². The lowest BCUT2D eigenvalue weighted by Gasteiger charge is -2.16. The van der Waals surface area contributed by atoms with Crippen molar-refractivity contribution in [3.05, 3.63) is 205 Å². The molecule has 12 rings (SSSR count). The van der Waals surface area contributed by atoms with E-state index in [0.29, 0.717) is 0 Å². The molecule has 0 radical (unpaired) electrons. The van der Waals surface area contributed by atoms with Crippen molar-refractivity contribution < 1.29 is 0 Å². The first kappa shape index (κ1) is 30.7. The van der Waals surface area contributed by atoms with Crippen LogP contribution in [-0.4, -0.2) is 4.57 Å². The largest absolute Gasteiger partial charge is 0.355 e. The van der Waals surface area contributed by atoms with Crippen molar-refractivity contribution >= 4 is 81.0 Å². The first-order chi connectivity index (χ1) is 27.2. The van der Waals surface area contributed by atoms with E-state index >= 15 is 0 Å². The van der Waals surface area contributed by atoms with Crippen LogP contribution in [-0.2, 0) is 5.41 Å². The van der Waals surface area contributed by atoms with E-state index in [0.717, 1.165) is 12.1 Å². The summed E-state index contributed by atoms with van der Waals surface area (Å²) in [7, 11) is 0. The molecular weight excluding hydrogens is 685 g/mol. The lowest BCUT2D eigenvalue weighted by molar-refractivity contribution is 0.937. The highest BCUT2D eigenvalue weighted by molar-refractivity contribution is 7.26. The maximum atomic E-state index is 3.70. The molecule has 258 valence electrons. The third kappa shape index (κ3) is 4.54. The number of allylic oxidation sites excluding steroid dienone is 4. The van der Waals surface area contributed by atoms with Gasteiger partial charge in [0.2, 0.25) is 0 Å². The molecule has 1 atom stereocenters. The average Bonchev–Trinajstić information content (AvgIpc) is 3.49. The standard InChI is InChI=1S/C52H34N2S/c1-2-13-34(14-3-1)53-46-22-9-8-21-44(46)52-30-29-35(45(52)32-52)33-25-26-40-39-17-6-10-23-47(39)54(49(40)31-33)48-28-27-37(36-15-4-5-16-38(36)48)42-19-12-20-43-41-18-7-11-24-50(41)55-51(42)43/h1-31,53H,32H2. The average molecular weight is 719 g/mol. The molecule has 1 N–H and O–H groups in total. The summed E-state index contributed by atoms with van der Waals surface area (Å²) < 4.78 is 5.18. The zero-order valence-electron chi connectivity index (χ0n) is 30.0. The topological polar surface area (TPSA) is 17.0 Å². The van der Waals surface area contributed by atoms with Gasteiger partial charge in [-0.2, -0.15) is 0 Å². The van der Waals surface area contributed by atoms with Crippen LogP contribution in [0.1, 0.15) is 17.5 Å². The second-order valence-electron chi connectivity index (χ2n) is 15.0. The first-order valence-electron chi connectivity index (χ1n) is 19.1. The molecule has 0 spiro atoms. The second-order valence-corrected chi connectivity index (χ2v) is 16.0. The summed E-state index contributed by atoms with van der Waals surface area (Å²) in [5.74, 6) is 0. The normalized spacial score (nSPS) is 16.2. The summed E-state index contributed by atoms with van der Waals surface area (Å²) >= 11 is 1.90. The molecule has 1 fully saturated rings. The monoisotopic (exact) mass is 718 g/mol. The molecule has 2 heterocycles. The Bertz CT molecular complexity index is 3270. The number of nitrogens with zero attached hydrogens (tertiary/aromatic N) is 1. The van der Waals surface area contributed by atoms with Crippen LogP contribution in [0, 0.1) is 0 Å². The minimum atomic E-state index is -0.0569. The third-order valence-corrected chi connectivity index (χ3v) is 13.2. The highest BCUT2D eigenvalue weighted by atomic mass is 32.1. The van der Waals surface area contributed by atoms with Gasteiger partial charge in [0.25, 0.3) is 0 Å². The molecule has 10 aromatic rings. The summed E-state index contributed by atoms with van der Waals surface area (Å²) in [6, 6.07) is 64.5. The Morgan fingerprint density at radius 1 is 0.527 bits per heavy atom. The Morgan fingerprint density at radius 3 is 2.15 bits per heavy atom. The minimum Gasteiger partial charge on any atom is -0.355 e. The summed E-state index contributed by atoms with van der Waals surface area (Å²) in [6.07, 6.45) is 5.85. The van der Waals surface area contributed by atoms with Crippen LogP contribution in [0.3, 0.4) is 0 Å². The number of nitrogens with one attached hydrogen (secondary N) is 1. The molecular formula is C52H34N2S. The Morgan fingerprint density at radius 2 is 1.25 bits per heavy atom. The summed E-state index contributed by atoms with van der Waals surface area (Å²) in [6.45, 7) is 0. The van der Waals surface area contributed by atoms with Gasteiger partial charge in [0, 0.05) is 58.7 Å². The van der Waals surface area contributed by atoms with Crippen molar-refractivity contribution in [1.29, 1.82) is 0 Å². The fraction of sp³-hybridized carbons (Fsp3) is 0.0385. The van der Waals surface area contributed by atoms with E-state index in [-0.39, 0.29) is 5.41 Å². The van der Waals surface area contributed by atoms with Crippen molar-refractivity contribution in [2.45, 2.75) is 11.8 Å². The van der Waals surface area contributed by atoms with Crippen LogP contribution in [0.15, 0.2) is 194 Å². The van der Waals surface area contributed by atoms with Crippen molar-refractivity contribution in [3.8, 4) is 16.8 Å². The molecule has 2 aliphatic rings. The summed E-state index contributed by atoms with van der Waals surface area (Å²) in [4.78, 5) is 0. The Hall–Kier alpha value is -6.68. The number of anilines is 2. The number of fused-ring (bicyclic) bond motifs is 8. The quantitative estimate of drug-likeness (QED) is 0.181. The van der Waals surface area contributed by atoms with E-state index in [2.05, 4.69) is 198 Å². The van der Waals surface area contributed by atoms with Crippen molar-refractivity contribution in [3.63, 3.8) is 0 Å². The SMILES string of the molecule is C1=CC2(c3ccccc3Nc3ccccc3)CC2=C1c1ccc2c3ccccc3n(-c3ccc(-c4cccc5c4sc4ccccc45)c4ccccc34)c2c1. The number of para-hydroxylation sites is 3. The van der Waals surface area contributed by atoms with Crippen LogP contribution in [0.25, 0.3) is 75.1 Å². The van der Waals surface area contributed by atoms with Gasteiger partial charge in [0.1, 0.15) is 0 Å². The maximum absolute atomic E-state index is 3.70. The van der Waals surface area contributed by atoms with Gasteiger partial charge in [-0.3, -0.25) is 0 Å². The fourth-order valence-corrected chi connectivity index (χ4v) is 10.6. The maximum Gasteiger partial charge on any atom is 0.0547 e. The fourth-order valence-electron chi connectivity index (χ4n) is 9.40. The molecule has 0 aliphatic heterocycles. The second kappa shape index (κ2) is 11.7. The minimum absolute atomic E-state index is 0.0569. The van der Waals surface area contributed by atoms with Gasteiger partial charge in [0.05, 0.1) is 16.7 Å². The molecule has 2 aliphatic carbocycles. The number of thiophene rings is 1. The highest BCUT2D eigenvalue weighted by Gasteiger charge is 2.53.